The molecule has 2 saturated carbocycles. The van der Waals surface area contributed by atoms with E-state index in [1.165, 1.54) is 13.8 Å². The van der Waals surface area contributed by atoms with E-state index in [0.717, 1.165) is 0 Å². The highest BCUT2D eigenvalue weighted by molar-refractivity contribution is 5.88. The van der Waals surface area contributed by atoms with Crippen molar-refractivity contribution < 1.29 is 94.9 Å². The maximum absolute atomic E-state index is 14.8. The summed E-state index contributed by atoms with van der Waals surface area (Å²) in [6, 6.07) is 0. The minimum Gasteiger partial charge on any atom is -0.418 e. The summed E-state index contributed by atoms with van der Waals surface area (Å²) in [6.45, 7) is 42.5. The van der Waals surface area contributed by atoms with Gasteiger partial charge in [0.15, 0.2) is 0 Å². The van der Waals surface area contributed by atoms with Crippen molar-refractivity contribution in [1.29, 1.82) is 0 Å². The molecular weight excluding hydrogens is 1030 g/mol. The maximum atomic E-state index is 14.8. The molecule has 0 saturated heterocycles. The Kier molecular flexibility index (Phi) is 29.2. The van der Waals surface area contributed by atoms with Crippen molar-refractivity contribution >= 4 is 11.9 Å². The highest BCUT2D eigenvalue weighted by Crippen LogP contribution is 2.74. The first-order valence-electron chi connectivity index (χ1n) is 29.5. The topological polar surface area (TPSA) is 200 Å². The molecule has 8 atom stereocenters. The van der Waals surface area contributed by atoms with Crippen molar-refractivity contribution in [3.05, 3.63) is 24.3 Å². The van der Waals surface area contributed by atoms with Crippen molar-refractivity contribution in [2.75, 3.05) is 106 Å². The van der Waals surface area contributed by atoms with Crippen LogP contribution in [0.5, 0.6) is 0 Å². The third kappa shape index (κ3) is 12.0. The minimum absolute atomic E-state index is 0.0139. The van der Waals surface area contributed by atoms with E-state index in [4.69, 9.17) is 85.3 Å². The van der Waals surface area contributed by atoms with Gasteiger partial charge >= 0.3 is 35.1 Å². The smallest absolute Gasteiger partial charge is 0.336 e. The largest absolute Gasteiger partial charge is 0.418 e. The van der Waals surface area contributed by atoms with Crippen LogP contribution in [0.4, 0.5) is 0 Å². The molecule has 0 heterocycles. The number of rotatable bonds is 42. The van der Waals surface area contributed by atoms with E-state index < -0.39 is 87.7 Å². The molecule has 20 nitrogen and oxygen atoms in total. The number of ether oxygens (including phenoxy) is 18. The fraction of sp³-hybridized carbons (Fsp3) is 0.898. The molecule has 0 bridgehead atoms. The van der Waals surface area contributed by atoms with Crippen molar-refractivity contribution in [3.63, 3.8) is 0 Å². The minimum atomic E-state index is -2.62. The van der Waals surface area contributed by atoms with Crippen molar-refractivity contribution in [1.82, 2.24) is 0 Å². The monoisotopic (exact) mass is 1140 g/mol. The molecule has 20 heteroatoms. The quantitative estimate of drug-likeness (QED) is 0.0317. The van der Waals surface area contributed by atoms with Crippen LogP contribution < -0.4 is 0 Å². The van der Waals surface area contributed by atoms with E-state index in [2.05, 4.69) is 13.2 Å². The van der Waals surface area contributed by atoms with E-state index in [-0.39, 0.29) is 117 Å². The van der Waals surface area contributed by atoms with Gasteiger partial charge in [-0.25, -0.2) is 9.59 Å². The molecule has 0 spiro atoms. The SMILES string of the molecule is C=C(C)C(=O)OC1(OCC)C(OCC)(OCC)CC(OCC)(C(C)(C)C2(OCC)CC(OCC)(OCC)C(OCC)(OC(=O)C(=C)C)C(OCC)(OCCC)C2(OCC)OCCC)C(OCC)(OCCC)C1(OCC)OCCC. The molecule has 0 aromatic carbocycles. The highest BCUT2D eigenvalue weighted by Gasteiger charge is 2.98. The number of hydrogen-bond acceptors (Lipinski definition) is 20. The molecule has 0 aromatic rings. The molecule has 0 aliphatic heterocycles. The van der Waals surface area contributed by atoms with Crippen LogP contribution in [0, 0.1) is 5.41 Å². The van der Waals surface area contributed by atoms with Gasteiger partial charge < -0.3 is 85.3 Å². The lowest BCUT2D eigenvalue weighted by Gasteiger charge is -2.76. The van der Waals surface area contributed by atoms with Gasteiger partial charge in [-0.05, 0) is 123 Å². The van der Waals surface area contributed by atoms with Gasteiger partial charge in [-0.1, -0.05) is 54.7 Å². The van der Waals surface area contributed by atoms with Gasteiger partial charge in [0.25, 0.3) is 11.6 Å². The predicted octanol–water partition coefficient (Wildman–Crippen LogP) is 10.3. The van der Waals surface area contributed by atoms with Gasteiger partial charge in [-0.3, -0.25) is 0 Å². The Morgan fingerprint density at radius 3 is 0.759 bits per heavy atom. The van der Waals surface area contributed by atoms with Gasteiger partial charge in [-0.15, -0.1) is 0 Å². The Hall–Kier alpha value is -2.22. The first-order chi connectivity index (χ1) is 37.5. The molecule has 2 aliphatic carbocycles. The lowest BCUT2D eigenvalue weighted by molar-refractivity contribution is -0.611. The van der Waals surface area contributed by atoms with Crippen LogP contribution in [0.1, 0.15) is 177 Å². The summed E-state index contributed by atoms with van der Waals surface area (Å²) in [7, 11) is 0. The number of carbonyl (C=O) groups is 2. The van der Waals surface area contributed by atoms with Gasteiger partial charge in [0.1, 0.15) is 11.2 Å². The number of carbonyl (C=O) groups excluding carboxylic acids is 2. The Morgan fingerprint density at radius 1 is 0.329 bits per heavy atom. The van der Waals surface area contributed by atoms with Crippen molar-refractivity contribution in [2.24, 2.45) is 5.41 Å². The summed E-state index contributed by atoms with van der Waals surface area (Å²) < 4.78 is 132. The first kappa shape index (κ1) is 72.9. The van der Waals surface area contributed by atoms with Gasteiger partial charge in [0, 0.05) is 109 Å². The number of esters is 2. The van der Waals surface area contributed by atoms with Crippen LogP contribution >= 0.6 is 0 Å². The van der Waals surface area contributed by atoms with E-state index in [0.29, 0.717) is 25.7 Å². The van der Waals surface area contributed by atoms with Gasteiger partial charge in [0.05, 0.1) is 26.4 Å². The Balaban J connectivity index is 4.24. The maximum Gasteiger partial charge on any atom is 0.336 e. The predicted molar refractivity (Wildman–Crippen MR) is 297 cm³/mol. The molecule has 2 aliphatic rings. The summed E-state index contributed by atoms with van der Waals surface area (Å²) >= 11 is 0. The van der Waals surface area contributed by atoms with E-state index >= 15 is 0 Å². The van der Waals surface area contributed by atoms with Gasteiger partial charge in [-0.2, -0.15) is 0 Å². The Labute approximate surface area is 475 Å². The normalized spacial score (nSPS) is 30.5. The summed E-state index contributed by atoms with van der Waals surface area (Å²) in [4.78, 5) is 29.6. The summed E-state index contributed by atoms with van der Waals surface area (Å²) in [5, 5.41) is 0. The lowest BCUT2D eigenvalue weighted by atomic mass is 9.47. The summed E-state index contributed by atoms with van der Waals surface area (Å²) in [5.74, 6) is -21.8. The second-order valence-corrected chi connectivity index (χ2v) is 19.8. The third-order valence-corrected chi connectivity index (χ3v) is 14.4. The lowest BCUT2D eigenvalue weighted by Crippen LogP contribution is -2.97. The molecule has 0 N–H and O–H groups in total. The zero-order valence-electron chi connectivity index (χ0n) is 52.6. The molecule has 0 aromatic heterocycles. The molecule has 8 unspecified atom stereocenters. The first-order valence-corrected chi connectivity index (χ1v) is 29.5. The van der Waals surface area contributed by atoms with E-state index in [1.54, 1.807) is 69.2 Å². The average Bonchev–Trinajstić information content (AvgIpc) is 3.51. The molecule has 464 valence electrons. The molecule has 79 heavy (non-hydrogen) atoms. The molecule has 2 rings (SSSR count). The Bertz CT molecular complexity index is 1730. The standard InChI is InChI=1S/C59H108O20/c1-23-39-74-54(68-33-11)50(62-27-5,43-52(64-29-7,65-30-8)56(70-35-13,78-47(60)45(17)18)58(54,72-37-15)76-41-25-3)49(21,22)51(63-28-6)44-53(66-31-9,67-32-10)57(71-36-14,79-48(61)46(19)20)59(73-38-16,77-42-26-4)55(51,69-34-12)75-40-24-2/h17,19,23-44H2,1-16,18,20-22H3. The van der Waals surface area contributed by atoms with Crippen LogP contribution in [-0.2, 0) is 94.9 Å². The number of hydrogen-bond donors (Lipinski definition) is 0. The van der Waals surface area contributed by atoms with Crippen LogP contribution in [0.25, 0.3) is 0 Å². The fourth-order valence-corrected chi connectivity index (χ4v) is 12.1. The van der Waals surface area contributed by atoms with E-state index in [1.807, 2.05) is 55.4 Å². The highest BCUT2D eigenvalue weighted by atomic mass is 16.9. The fourth-order valence-electron chi connectivity index (χ4n) is 12.1. The molecule has 0 radical (unpaired) electrons. The Morgan fingerprint density at radius 2 is 0.544 bits per heavy atom. The second-order valence-electron chi connectivity index (χ2n) is 19.8. The van der Waals surface area contributed by atoms with Crippen LogP contribution in [0.3, 0.4) is 0 Å². The molecular formula is C59H108O20. The molecule has 2 fully saturated rings. The zero-order valence-corrected chi connectivity index (χ0v) is 52.6. The summed E-state index contributed by atoms with van der Waals surface area (Å²) in [5.41, 5.74) is -6.33. The summed E-state index contributed by atoms with van der Waals surface area (Å²) in [6.07, 6.45) is 0.623. The molecule has 0 amide bonds. The van der Waals surface area contributed by atoms with Crippen molar-refractivity contribution in [2.45, 2.75) is 234 Å². The van der Waals surface area contributed by atoms with Crippen molar-refractivity contribution in [3.8, 4) is 0 Å². The van der Waals surface area contributed by atoms with Gasteiger partial charge in [0.2, 0.25) is 11.6 Å². The van der Waals surface area contributed by atoms with Crippen LogP contribution in [0.2, 0.25) is 0 Å². The van der Waals surface area contributed by atoms with Crippen LogP contribution in [-0.4, -0.2) is 175 Å². The zero-order chi connectivity index (χ0) is 60.1. The third-order valence-electron chi connectivity index (χ3n) is 14.4. The van der Waals surface area contributed by atoms with E-state index in [9.17, 15) is 9.59 Å². The second kappa shape index (κ2) is 31.6. The average molecular weight is 1140 g/mol. The van der Waals surface area contributed by atoms with Crippen LogP contribution in [0.15, 0.2) is 24.3 Å².